The van der Waals surface area contributed by atoms with Crippen molar-refractivity contribution in [2.24, 2.45) is 0 Å². The van der Waals surface area contributed by atoms with Crippen LogP contribution in [0.25, 0.3) is 0 Å². The molecule has 0 aliphatic rings. The SMILES string of the molecule is CC(=O)CC/C=C(\C)CCC=C(C)C.O=C(O)O. The quantitative estimate of drug-likeness (QED) is 0.696. The standard InChI is InChI=1S/C13H22O.CH2O3/c1-11(2)7-5-8-12(3)9-6-10-13(4)14;2-1(3)4/h7,9H,5-6,8,10H2,1-4H3;(H2,2,3,4)/b12-9+;. The minimum absolute atomic E-state index is 0.276. The maximum Gasteiger partial charge on any atom is 0.503 e. The lowest BCUT2D eigenvalue weighted by Gasteiger charge is -1.98. The normalized spacial score (nSPS) is 10.1. The molecule has 0 bridgehead atoms. The fourth-order valence-electron chi connectivity index (χ4n) is 1.21. The maximum atomic E-state index is 10.7. The molecule has 0 saturated heterocycles. The van der Waals surface area contributed by atoms with Gasteiger partial charge in [0.15, 0.2) is 0 Å². The monoisotopic (exact) mass is 256 g/mol. The van der Waals surface area contributed by atoms with Crippen LogP contribution in [0.15, 0.2) is 23.3 Å². The third-order valence-corrected chi connectivity index (χ3v) is 2.08. The number of hydrogen-bond acceptors (Lipinski definition) is 2. The van der Waals surface area contributed by atoms with Crippen molar-refractivity contribution in [3.8, 4) is 0 Å². The Hall–Kier alpha value is -1.58. The highest BCUT2D eigenvalue weighted by Crippen LogP contribution is 2.08. The number of Topliss-reactive ketones (excluding diaryl/α,β-unsaturated/α-hetero) is 1. The number of hydrogen-bond donors (Lipinski definition) is 2. The largest absolute Gasteiger partial charge is 0.503 e. The van der Waals surface area contributed by atoms with E-state index in [0.717, 1.165) is 19.3 Å². The van der Waals surface area contributed by atoms with Crippen LogP contribution in [0, 0.1) is 0 Å². The molecule has 0 fully saturated rings. The summed E-state index contributed by atoms with van der Waals surface area (Å²) in [7, 11) is 0. The molecule has 104 valence electrons. The molecule has 0 unspecified atom stereocenters. The Kier molecular flexibility index (Phi) is 12.4. The molecule has 0 rings (SSSR count). The first-order valence-electron chi connectivity index (χ1n) is 5.96. The van der Waals surface area contributed by atoms with E-state index in [1.54, 1.807) is 6.92 Å². The van der Waals surface area contributed by atoms with Gasteiger partial charge in [-0.25, -0.2) is 4.79 Å². The van der Waals surface area contributed by atoms with Gasteiger partial charge in [-0.1, -0.05) is 23.3 Å². The number of allylic oxidation sites excluding steroid dienone is 4. The van der Waals surface area contributed by atoms with Crippen molar-refractivity contribution in [2.45, 2.75) is 53.4 Å². The molecular weight excluding hydrogens is 232 g/mol. The average molecular weight is 256 g/mol. The van der Waals surface area contributed by atoms with Gasteiger partial charge >= 0.3 is 6.16 Å². The van der Waals surface area contributed by atoms with Crippen LogP contribution in [0.2, 0.25) is 0 Å². The molecule has 4 nitrogen and oxygen atoms in total. The van der Waals surface area contributed by atoms with Crippen LogP contribution in [0.5, 0.6) is 0 Å². The zero-order valence-electron chi connectivity index (χ0n) is 11.7. The van der Waals surface area contributed by atoms with E-state index >= 15 is 0 Å². The number of carboxylic acid groups (broad SMARTS) is 2. The summed E-state index contributed by atoms with van der Waals surface area (Å²) in [5, 5.41) is 13.9. The molecule has 0 aromatic carbocycles. The Morgan fingerprint density at radius 2 is 1.33 bits per heavy atom. The van der Waals surface area contributed by atoms with Crippen molar-refractivity contribution in [3.63, 3.8) is 0 Å². The van der Waals surface area contributed by atoms with Crippen molar-refractivity contribution in [2.75, 3.05) is 0 Å². The smallest absolute Gasteiger partial charge is 0.450 e. The minimum atomic E-state index is -1.83. The Morgan fingerprint density at radius 3 is 1.72 bits per heavy atom. The van der Waals surface area contributed by atoms with Crippen molar-refractivity contribution in [3.05, 3.63) is 23.3 Å². The molecule has 0 heterocycles. The fourth-order valence-corrected chi connectivity index (χ4v) is 1.21. The van der Waals surface area contributed by atoms with Crippen molar-refractivity contribution in [1.29, 1.82) is 0 Å². The minimum Gasteiger partial charge on any atom is -0.450 e. The molecule has 0 aliphatic carbocycles. The Balaban J connectivity index is 0. The molecule has 0 amide bonds. The molecular formula is C14H24O4. The van der Waals surface area contributed by atoms with Gasteiger partial charge in [-0.2, -0.15) is 0 Å². The number of carbonyl (C=O) groups excluding carboxylic acids is 1. The predicted molar refractivity (Wildman–Crippen MR) is 73.0 cm³/mol. The summed E-state index contributed by atoms with van der Waals surface area (Å²) in [4.78, 5) is 19.2. The molecule has 4 heteroatoms. The van der Waals surface area contributed by atoms with Crippen LogP contribution in [0.4, 0.5) is 4.79 Å². The molecule has 0 atom stereocenters. The van der Waals surface area contributed by atoms with Gasteiger partial charge in [-0.15, -0.1) is 0 Å². The number of carbonyl (C=O) groups is 2. The number of rotatable bonds is 6. The van der Waals surface area contributed by atoms with Gasteiger partial charge in [0.05, 0.1) is 0 Å². The predicted octanol–water partition coefficient (Wildman–Crippen LogP) is 4.27. The second-order valence-corrected chi connectivity index (χ2v) is 4.39. The van der Waals surface area contributed by atoms with Gasteiger partial charge < -0.3 is 15.0 Å². The van der Waals surface area contributed by atoms with E-state index in [-0.39, 0.29) is 5.78 Å². The first-order chi connectivity index (χ1) is 8.25. The van der Waals surface area contributed by atoms with Gasteiger partial charge in [-0.3, -0.25) is 0 Å². The zero-order chi connectivity index (χ0) is 14.6. The van der Waals surface area contributed by atoms with Gasteiger partial charge in [0, 0.05) is 6.42 Å². The molecule has 0 spiro atoms. The molecule has 18 heavy (non-hydrogen) atoms. The van der Waals surface area contributed by atoms with E-state index in [1.165, 1.54) is 11.1 Å². The second-order valence-electron chi connectivity index (χ2n) is 4.39. The number of ketones is 1. The summed E-state index contributed by atoms with van der Waals surface area (Å²) in [6.07, 6.45) is 6.41. The van der Waals surface area contributed by atoms with E-state index in [1.807, 2.05) is 0 Å². The van der Waals surface area contributed by atoms with Gasteiger partial charge in [0.25, 0.3) is 0 Å². The summed E-state index contributed by atoms with van der Waals surface area (Å²) in [5.74, 6) is 0.276. The van der Waals surface area contributed by atoms with Crippen LogP contribution >= 0.6 is 0 Å². The topological polar surface area (TPSA) is 74.6 Å². The highest BCUT2D eigenvalue weighted by Gasteiger charge is 1.92. The highest BCUT2D eigenvalue weighted by atomic mass is 16.6. The molecule has 0 aromatic heterocycles. The zero-order valence-corrected chi connectivity index (χ0v) is 11.7. The van der Waals surface area contributed by atoms with Crippen LogP contribution in [0.1, 0.15) is 53.4 Å². The van der Waals surface area contributed by atoms with Gasteiger partial charge in [-0.05, 0) is 47.0 Å². The lowest BCUT2D eigenvalue weighted by molar-refractivity contribution is -0.116. The molecule has 0 radical (unpaired) electrons. The molecule has 0 aliphatic heterocycles. The van der Waals surface area contributed by atoms with E-state index in [4.69, 9.17) is 15.0 Å². The van der Waals surface area contributed by atoms with Crippen molar-refractivity contribution >= 4 is 11.9 Å². The van der Waals surface area contributed by atoms with E-state index in [9.17, 15) is 4.79 Å². The summed E-state index contributed by atoms with van der Waals surface area (Å²) in [5.41, 5.74) is 2.77. The fraction of sp³-hybridized carbons (Fsp3) is 0.571. The van der Waals surface area contributed by atoms with Crippen LogP contribution < -0.4 is 0 Å². The van der Waals surface area contributed by atoms with E-state index in [0.29, 0.717) is 6.42 Å². The Morgan fingerprint density at radius 1 is 0.889 bits per heavy atom. The first-order valence-corrected chi connectivity index (χ1v) is 5.96. The van der Waals surface area contributed by atoms with Gasteiger partial charge in [0.2, 0.25) is 0 Å². The maximum absolute atomic E-state index is 10.7. The highest BCUT2D eigenvalue weighted by molar-refractivity contribution is 5.75. The molecule has 0 saturated carbocycles. The second kappa shape index (κ2) is 11.9. The Bertz CT molecular complexity index is 306. The third-order valence-electron chi connectivity index (χ3n) is 2.08. The summed E-state index contributed by atoms with van der Waals surface area (Å²) in [6, 6.07) is 0. The van der Waals surface area contributed by atoms with Crippen LogP contribution in [-0.4, -0.2) is 22.2 Å². The van der Waals surface area contributed by atoms with Gasteiger partial charge in [0.1, 0.15) is 5.78 Å². The summed E-state index contributed by atoms with van der Waals surface area (Å²) >= 11 is 0. The van der Waals surface area contributed by atoms with Crippen molar-refractivity contribution in [1.82, 2.24) is 0 Å². The first kappa shape index (κ1) is 18.8. The lowest BCUT2D eigenvalue weighted by atomic mass is 10.1. The Labute approximate surface area is 109 Å². The summed E-state index contributed by atoms with van der Waals surface area (Å²) < 4.78 is 0. The molecule has 0 aromatic rings. The van der Waals surface area contributed by atoms with Crippen molar-refractivity contribution < 1.29 is 19.8 Å². The average Bonchev–Trinajstić information content (AvgIpc) is 2.15. The van der Waals surface area contributed by atoms with Crippen LogP contribution in [0.3, 0.4) is 0 Å². The van der Waals surface area contributed by atoms with E-state index < -0.39 is 6.16 Å². The third kappa shape index (κ3) is 23.9. The van der Waals surface area contributed by atoms with Crippen LogP contribution in [-0.2, 0) is 4.79 Å². The lowest BCUT2D eigenvalue weighted by Crippen LogP contribution is -1.87. The summed E-state index contributed by atoms with van der Waals surface area (Å²) in [6.45, 7) is 8.02. The molecule has 2 N–H and O–H groups in total. The van der Waals surface area contributed by atoms with E-state index in [2.05, 4.69) is 32.9 Å².